The number of fused-ring (bicyclic) bond motifs is 1. The molecule has 1 aromatic carbocycles. The number of likely N-dealkylation sites (N-methyl/N-ethyl adjacent to an activating group) is 1. The third kappa shape index (κ3) is 4.48. The molecular weight excluding hydrogens is 400 g/mol. The first kappa shape index (κ1) is 20.4. The second-order valence-corrected chi connectivity index (χ2v) is 8.32. The van der Waals surface area contributed by atoms with Gasteiger partial charge < -0.3 is 15.5 Å². The van der Waals surface area contributed by atoms with Crippen LogP contribution < -0.4 is 10.6 Å². The lowest BCUT2D eigenvalue weighted by atomic mass is 9.92. The molecule has 0 spiro atoms. The SMILES string of the molecule is CN(C)CCn1cc(CNc2cc(Cl)c3ncc(C#N)c(NC4CCC4)c3c2)nn1. The number of rotatable bonds is 8. The van der Waals surface area contributed by atoms with Crippen molar-refractivity contribution in [3.63, 3.8) is 0 Å². The molecule has 0 unspecified atom stereocenters. The van der Waals surface area contributed by atoms with Crippen molar-refractivity contribution in [3.8, 4) is 6.07 Å². The summed E-state index contributed by atoms with van der Waals surface area (Å²) in [6, 6.07) is 6.49. The Balaban J connectivity index is 1.56. The second kappa shape index (κ2) is 8.86. The maximum Gasteiger partial charge on any atom is 0.103 e. The molecule has 2 N–H and O–H groups in total. The average Bonchev–Trinajstić information content (AvgIpc) is 3.15. The van der Waals surface area contributed by atoms with Crippen molar-refractivity contribution in [1.82, 2.24) is 24.9 Å². The van der Waals surface area contributed by atoms with Gasteiger partial charge >= 0.3 is 0 Å². The number of nitrogens with zero attached hydrogens (tertiary/aromatic N) is 6. The predicted octanol–water partition coefficient (Wildman–Crippen LogP) is 3.49. The minimum atomic E-state index is 0.398. The first-order valence-electron chi connectivity index (χ1n) is 10.1. The summed E-state index contributed by atoms with van der Waals surface area (Å²) in [6.07, 6.45) is 6.98. The summed E-state index contributed by atoms with van der Waals surface area (Å²) >= 11 is 6.52. The van der Waals surface area contributed by atoms with E-state index in [4.69, 9.17) is 11.6 Å². The van der Waals surface area contributed by atoms with Crippen molar-refractivity contribution in [1.29, 1.82) is 5.26 Å². The highest BCUT2D eigenvalue weighted by molar-refractivity contribution is 6.35. The van der Waals surface area contributed by atoms with Crippen molar-refractivity contribution >= 4 is 33.9 Å². The molecule has 0 bridgehead atoms. The summed E-state index contributed by atoms with van der Waals surface area (Å²) in [6.45, 7) is 2.22. The summed E-state index contributed by atoms with van der Waals surface area (Å²) < 4.78 is 1.84. The summed E-state index contributed by atoms with van der Waals surface area (Å²) in [4.78, 5) is 6.52. The lowest BCUT2D eigenvalue weighted by Crippen LogP contribution is -2.27. The van der Waals surface area contributed by atoms with E-state index in [1.165, 1.54) is 6.42 Å². The second-order valence-electron chi connectivity index (χ2n) is 7.91. The fourth-order valence-electron chi connectivity index (χ4n) is 3.38. The molecule has 0 radical (unpaired) electrons. The molecule has 30 heavy (non-hydrogen) atoms. The van der Waals surface area contributed by atoms with E-state index in [0.717, 1.165) is 48.4 Å². The van der Waals surface area contributed by atoms with E-state index in [0.29, 0.717) is 28.7 Å². The van der Waals surface area contributed by atoms with E-state index in [2.05, 4.69) is 36.9 Å². The zero-order chi connectivity index (χ0) is 21.1. The number of hydrogen-bond donors (Lipinski definition) is 2. The molecule has 3 aromatic rings. The summed E-state index contributed by atoms with van der Waals surface area (Å²) in [7, 11) is 4.06. The Morgan fingerprint density at radius 1 is 1.33 bits per heavy atom. The van der Waals surface area contributed by atoms with Crippen LogP contribution in [-0.4, -0.2) is 51.6 Å². The van der Waals surface area contributed by atoms with Crippen LogP contribution in [0.15, 0.2) is 24.5 Å². The lowest BCUT2D eigenvalue weighted by molar-refractivity contribution is 0.370. The summed E-state index contributed by atoms with van der Waals surface area (Å²) in [5, 5.41) is 26.2. The Labute approximate surface area is 180 Å². The molecule has 0 amide bonds. The Kier molecular flexibility index (Phi) is 6.02. The zero-order valence-electron chi connectivity index (χ0n) is 17.2. The van der Waals surface area contributed by atoms with Crippen LogP contribution in [0.25, 0.3) is 10.9 Å². The normalized spacial score (nSPS) is 14.0. The van der Waals surface area contributed by atoms with Gasteiger partial charge in [-0.25, -0.2) is 0 Å². The van der Waals surface area contributed by atoms with E-state index in [-0.39, 0.29) is 0 Å². The number of nitriles is 1. The maximum absolute atomic E-state index is 9.55. The van der Waals surface area contributed by atoms with Gasteiger partial charge in [0.2, 0.25) is 0 Å². The van der Waals surface area contributed by atoms with Crippen LogP contribution in [0.5, 0.6) is 0 Å². The molecule has 4 rings (SSSR count). The molecule has 1 fully saturated rings. The lowest BCUT2D eigenvalue weighted by Gasteiger charge is -2.28. The van der Waals surface area contributed by atoms with E-state index in [9.17, 15) is 5.26 Å². The molecule has 0 atom stereocenters. The Bertz CT molecular complexity index is 1080. The standard InChI is InChI=1S/C21H25ClN8/c1-29(2)6-7-30-13-17(27-28-30)12-24-16-8-18-20(26-15-4-3-5-15)14(10-23)11-25-21(18)19(22)9-16/h8-9,11,13,15,24H,3-7,12H2,1-2H3,(H,25,26). The van der Waals surface area contributed by atoms with Gasteiger partial charge in [-0.3, -0.25) is 9.67 Å². The number of aromatic nitrogens is 4. The number of benzene rings is 1. The molecule has 8 nitrogen and oxygen atoms in total. The average molecular weight is 425 g/mol. The van der Waals surface area contributed by atoms with Crippen LogP contribution in [-0.2, 0) is 13.1 Å². The van der Waals surface area contributed by atoms with Crippen LogP contribution in [0.3, 0.4) is 0 Å². The highest BCUT2D eigenvalue weighted by Crippen LogP contribution is 2.35. The minimum Gasteiger partial charge on any atom is -0.381 e. The van der Waals surface area contributed by atoms with Gasteiger partial charge in [-0.05, 0) is 45.5 Å². The molecule has 156 valence electrons. The molecule has 2 heterocycles. The van der Waals surface area contributed by atoms with Gasteiger partial charge in [-0.2, -0.15) is 5.26 Å². The maximum atomic E-state index is 9.55. The van der Waals surface area contributed by atoms with Gasteiger partial charge in [0.05, 0.1) is 41.1 Å². The van der Waals surface area contributed by atoms with Crippen LogP contribution in [0.2, 0.25) is 5.02 Å². The van der Waals surface area contributed by atoms with Crippen LogP contribution >= 0.6 is 11.6 Å². The van der Waals surface area contributed by atoms with Gasteiger partial charge in [0, 0.05) is 29.9 Å². The minimum absolute atomic E-state index is 0.398. The van der Waals surface area contributed by atoms with Crippen molar-refractivity contribution in [2.24, 2.45) is 0 Å². The first-order valence-corrected chi connectivity index (χ1v) is 10.5. The Hall–Kier alpha value is -2.89. The summed E-state index contributed by atoms with van der Waals surface area (Å²) in [5.74, 6) is 0. The summed E-state index contributed by atoms with van der Waals surface area (Å²) in [5.41, 5.74) is 3.74. The largest absolute Gasteiger partial charge is 0.381 e. The van der Waals surface area contributed by atoms with Crippen LogP contribution in [0.1, 0.15) is 30.5 Å². The van der Waals surface area contributed by atoms with E-state index < -0.39 is 0 Å². The van der Waals surface area contributed by atoms with Crippen molar-refractivity contribution in [2.45, 2.75) is 38.4 Å². The topological polar surface area (TPSA) is 94.7 Å². The smallest absolute Gasteiger partial charge is 0.103 e. The zero-order valence-corrected chi connectivity index (χ0v) is 17.9. The highest BCUT2D eigenvalue weighted by Gasteiger charge is 2.21. The molecule has 1 aliphatic rings. The van der Waals surface area contributed by atoms with Gasteiger partial charge in [-0.1, -0.05) is 16.8 Å². The fraction of sp³-hybridized carbons (Fsp3) is 0.429. The number of pyridine rings is 1. The number of anilines is 2. The molecule has 1 saturated carbocycles. The molecule has 2 aromatic heterocycles. The monoisotopic (exact) mass is 424 g/mol. The number of nitrogens with one attached hydrogen (secondary N) is 2. The third-order valence-electron chi connectivity index (χ3n) is 5.33. The van der Waals surface area contributed by atoms with E-state index in [1.54, 1.807) is 6.20 Å². The Morgan fingerprint density at radius 2 is 2.17 bits per heavy atom. The highest BCUT2D eigenvalue weighted by atomic mass is 35.5. The Morgan fingerprint density at radius 3 is 2.87 bits per heavy atom. The van der Waals surface area contributed by atoms with Gasteiger partial charge in [0.1, 0.15) is 11.8 Å². The van der Waals surface area contributed by atoms with Gasteiger partial charge in [0.15, 0.2) is 0 Å². The van der Waals surface area contributed by atoms with Crippen molar-refractivity contribution in [3.05, 3.63) is 40.8 Å². The number of hydrogen-bond acceptors (Lipinski definition) is 7. The molecule has 1 aliphatic carbocycles. The first-order chi connectivity index (χ1) is 14.5. The third-order valence-corrected chi connectivity index (χ3v) is 5.62. The molecule has 0 saturated heterocycles. The van der Waals surface area contributed by atoms with Gasteiger partial charge in [0.25, 0.3) is 0 Å². The van der Waals surface area contributed by atoms with Crippen LogP contribution in [0.4, 0.5) is 11.4 Å². The van der Waals surface area contributed by atoms with Crippen molar-refractivity contribution < 1.29 is 0 Å². The van der Waals surface area contributed by atoms with E-state index in [1.807, 2.05) is 37.1 Å². The quantitative estimate of drug-likeness (QED) is 0.571. The predicted molar refractivity (Wildman–Crippen MR) is 119 cm³/mol. The molecular formula is C21H25ClN8. The molecule has 9 heteroatoms. The fourth-order valence-corrected chi connectivity index (χ4v) is 3.65. The molecule has 0 aliphatic heterocycles. The van der Waals surface area contributed by atoms with Gasteiger partial charge in [-0.15, -0.1) is 5.10 Å². The number of halogens is 1. The van der Waals surface area contributed by atoms with Crippen LogP contribution in [0, 0.1) is 11.3 Å². The van der Waals surface area contributed by atoms with E-state index >= 15 is 0 Å². The van der Waals surface area contributed by atoms with Crippen molar-refractivity contribution in [2.75, 3.05) is 31.3 Å².